The highest BCUT2D eigenvalue weighted by molar-refractivity contribution is 9.10. The summed E-state index contributed by atoms with van der Waals surface area (Å²) in [5, 5.41) is 16.9. The Morgan fingerprint density at radius 2 is 1.88 bits per heavy atom. The highest BCUT2D eigenvalue weighted by Crippen LogP contribution is 2.32. The molecule has 3 aromatic carbocycles. The molecular formula is C22H15BrN4O4S. The topological polar surface area (TPSA) is 97.9 Å². The van der Waals surface area contributed by atoms with Crippen molar-refractivity contribution in [1.82, 2.24) is 4.98 Å². The molecule has 1 aromatic heterocycles. The number of fused-ring (bicyclic) bond motifs is 1. The van der Waals surface area contributed by atoms with E-state index in [1.807, 2.05) is 30.3 Å². The highest BCUT2D eigenvalue weighted by Gasteiger charge is 2.22. The number of benzene rings is 3. The van der Waals surface area contributed by atoms with Gasteiger partial charge >= 0.3 is 0 Å². The van der Waals surface area contributed by atoms with Gasteiger partial charge in [-0.2, -0.15) is 10.1 Å². The Bertz CT molecular complexity index is 1320. The number of amides is 1. The normalized spacial score (nSPS) is 11.1. The van der Waals surface area contributed by atoms with Gasteiger partial charge in [0.25, 0.3) is 11.6 Å². The number of methoxy groups -OCH3 is 1. The third kappa shape index (κ3) is 4.66. The average Bonchev–Trinajstić information content (AvgIpc) is 3.23. The molecule has 160 valence electrons. The van der Waals surface area contributed by atoms with E-state index in [1.165, 1.54) is 40.6 Å². The molecule has 0 atom stereocenters. The molecule has 0 bridgehead atoms. The van der Waals surface area contributed by atoms with Gasteiger partial charge in [0, 0.05) is 22.2 Å². The second kappa shape index (κ2) is 9.25. The van der Waals surface area contributed by atoms with Gasteiger partial charge in [-0.15, -0.1) is 0 Å². The second-order valence-electron chi connectivity index (χ2n) is 6.55. The first kappa shape index (κ1) is 21.6. The van der Waals surface area contributed by atoms with Crippen LogP contribution in [0.4, 0.5) is 10.8 Å². The number of nitrogens with zero attached hydrogens (tertiary/aromatic N) is 4. The van der Waals surface area contributed by atoms with E-state index in [2.05, 4.69) is 26.0 Å². The third-order valence-corrected chi connectivity index (χ3v) is 6.00. The number of non-ortho nitro benzene ring substituents is 1. The van der Waals surface area contributed by atoms with Gasteiger partial charge in [-0.1, -0.05) is 39.4 Å². The fraction of sp³-hybridized carbons (Fsp3) is 0.0455. The average molecular weight is 511 g/mol. The van der Waals surface area contributed by atoms with Crippen LogP contribution in [-0.2, 0) is 0 Å². The Balaban J connectivity index is 1.74. The molecule has 0 aliphatic heterocycles. The lowest BCUT2D eigenvalue weighted by Gasteiger charge is -2.13. The van der Waals surface area contributed by atoms with Gasteiger partial charge in [0.1, 0.15) is 5.75 Å². The van der Waals surface area contributed by atoms with Crippen molar-refractivity contribution in [3.05, 3.63) is 92.4 Å². The number of hydrogen-bond acceptors (Lipinski definition) is 7. The minimum Gasteiger partial charge on any atom is -0.497 e. The van der Waals surface area contributed by atoms with E-state index < -0.39 is 10.8 Å². The molecule has 4 aromatic rings. The summed E-state index contributed by atoms with van der Waals surface area (Å²) in [6, 6.07) is 18.3. The van der Waals surface area contributed by atoms with Gasteiger partial charge in [0.05, 0.1) is 28.5 Å². The number of thiazole rings is 1. The lowest BCUT2D eigenvalue weighted by molar-refractivity contribution is -0.384. The van der Waals surface area contributed by atoms with Crippen molar-refractivity contribution in [1.29, 1.82) is 0 Å². The molecule has 0 aliphatic rings. The molecule has 0 fully saturated rings. The number of aromatic nitrogens is 1. The minimum absolute atomic E-state index is 0.0986. The summed E-state index contributed by atoms with van der Waals surface area (Å²) in [7, 11) is 1.58. The number of nitro groups is 1. The molecule has 0 aliphatic carbocycles. The third-order valence-electron chi connectivity index (χ3n) is 4.48. The number of nitro benzene ring substituents is 1. The van der Waals surface area contributed by atoms with Gasteiger partial charge in [-0.05, 0) is 48.0 Å². The van der Waals surface area contributed by atoms with Gasteiger partial charge in [-0.3, -0.25) is 14.9 Å². The fourth-order valence-electron chi connectivity index (χ4n) is 2.82. The number of anilines is 1. The molecular weight excluding hydrogens is 496 g/mol. The number of halogens is 1. The van der Waals surface area contributed by atoms with Crippen LogP contribution in [0.1, 0.15) is 15.9 Å². The van der Waals surface area contributed by atoms with E-state index in [0.717, 1.165) is 14.7 Å². The van der Waals surface area contributed by atoms with Gasteiger partial charge < -0.3 is 4.74 Å². The van der Waals surface area contributed by atoms with Crippen molar-refractivity contribution in [2.45, 2.75) is 0 Å². The molecule has 0 unspecified atom stereocenters. The van der Waals surface area contributed by atoms with Crippen molar-refractivity contribution in [3.8, 4) is 5.75 Å². The SMILES string of the molecule is COc1ccc2nc(N(/N=C/c3ccc(Br)cc3)C(=O)c3ccc([N+](=O)[O-])cc3)sc2c1. The maximum absolute atomic E-state index is 13.3. The number of carbonyl (C=O) groups excluding carboxylic acids is 1. The molecule has 4 rings (SSSR count). The van der Waals surface area contributed by atoms with E-state index in [9.17, 15) is 14.9 Å². The molecule has 0 saturated carbocycles. The van der Waals surface area contributed by atoms with Crippen LogP contribution < -0.4 is 9.75 Å². The molecule has 10 heteroatoms. The summed E-state index contributed by atoms with van der Waals surface area (Å²) >= 11 is 4.68. The Kier molecular flexibility index (Phi) is 6.24. The van der Waals surface area contributed by atoms with Crippen LogP contribution in [0.3, 0.4) is 0 Å². The number of hydrazone groups is 1. The Labute approximate surface area is 195 Å². The van der Waals surface area contributed by atoms with Gasteiger partial charge in [0.15, 0.2) is 0 Å². The highest BCUT2D eigenvalue weighted by atomic mass is 79.9. The lowest BCUT2D eigenvalue weighted by atomic mass is 10.2. The zero-order valence-corrected chi connectivity index (χ0v) is 19.0. The molecule has 0 N–H and O–H groups in total. The van der Waals surface area contributed by atoms with E-state index in [1.54, 1.807) is 25.5 Å². The first-order valence-electron chi connectivity index (χ1n) is 9.27. The maximum Gasteiger partial charge on any atom is 0.280 e. The quantitative estimate of drug-likeness (QED) is 0.189. The molecule has 32 heavy (non-hydrogen) atoms. The van der Waals surface area contributed by atoms with E-state index in [-0.39, 0.29) is 11.3 Å². The monoisotopic (exact) mass is 510 g/mol. The van der Waals surface area contributed by atoms with Crippen molar-refractivity contribution >= 4 is 60.4 Å². The molecule has 0 radical (unpaired) electrons. The summed E-state index contributed by atoms with van der Waals surface area (Å²) in [6.07, 6.45) is 1.56. The summed E-state index contributed by atoms with van der Waals surface area (Å²) in [5.41, 5.74) is 1.64. The Morgan fingerprint density at radius 1 is 1.16 bits per heavy atom. The lowest BCUT2D eigenvalue weighted by Crippen LogP contribution is -2.25. The van der Waals surface area contributed by atoms with Crippen molar-refractivity contribution in [3.63, 3.8) is 0 Å². The second-order valence-corrected chi connectivity index (χ2v) is 8.47. The Morgan fingerprint density at radius 3 is 2.53 bits per heavy atom. The minimum atomic E-state index is -0.515. The molecule has 0 saturated heterocycles. The maximum atomic E-state index is 13.3. The number of ether oxygens (including phenoxy) is 1. The summed E-state index contributed by atoms with van der Waals surface area (Å²) in [5.74, 6) is 0.221. The summed E-state index contributed by atoms with van der Waals surface area (Å²) < 4.78 is 7.02. The fourth-order valence-corrected chi connectivity index (χ4v) is 4.04. The van der Waals surface area contributed by atoms with Crippen LogP contribution in [0, 0.1) is 10.1 Å². The smallest absolute Gasteiger partial charge is 0.280 e. The van der Waals surface area contributed by atoms with Crippen LogP contribution >= 0.6 is 27.3 Å². The van der Waals surface area contributed by atoms with E-state index in [4.69, 9.17) is 4.74 Å². The summed E-state index contributed by atoms with van der Waals surface area (Å²) in [4.78, 5) is 28.2. The van der Waals surface area contributed by atoms with Crippen molar-refractivity contribution < 1.29 is 14.5 Å². The van der Waals surface area contributed by atoms with Crippen LogP contribution in [0.2, 0.25) is 0 Å². The Hall–Kier alpha value is -3.63. The predicted octanol–water partition coefficient (Wildman–Crippen LogP) is 5.66. The molecule has 1 amide bonds. The van der Waals surface area contributed by atoms with Crippen LogP contribution in [0.15, 0.2) is 76.3 Å². The summed E-state index contributed by atoms with van der Waals surface area (Å²) in [6.45, 7) is 0. The van der Waals surface area contributed by atoms with Gasteiger partial charge in [0.2, 0.25) is 5.13 Å². The predicted molar refractivity (Wildman–Crippen MR) is 128 cm³/mol. The zero-order chi connectivity index (χ0) is 22.7. The van der Waals surface area contributed by atoms with Crippen molar-refractivity contribution in [2.24, 2.45) is 5.10 Å². The number of carbonyl (C=O) groups is 1. The first-order chi connectivity index (χ1) is 15.4. The van der Waals surface area contributed by atoms with Crippen molar-refractivity contribution in [2.75, 3.05) is 12.1 Å². The van der Waals surface area contributed by atoms with E-state index >= 15 is 0 Å². The standard InChI is InChI=1S/C22H15BrN4O4S/c1-31-18-10-11-19-20(12-18)32-22(25-19)26(24-13-14-2-6-16(23)7-3-14)21(28)15-4-8-17(9-5-15)27(29)30/h2-13H,1H3/b24-13+. The largest absolute Gasteiger partial charge is 0.497 e. The van der Waals surface area contributed by atoms with Crippen LogP contribution in [0.5, 0.6) is 5.75 Å². The molecule has 8 nitrogen and oxygen atoms in total. The van der Waals surface area contributed by atoms with E-state index in [0.29, 0.717) is 16.4 Å². The zero-order valence-electron chi connectivity index (χ0n) is 16.6. The van der Waals surface area contributed by atoms with Crippen LogP contribution in [0.25, 0.3) is 10.2 Å². The number of rotatable bonds is 6. The molecule has 1 heterocycles. The van der Waals surface area contributed by atoms with Crippen LogP contribution in [-0.4, -0.2) is 29.1 Å². The molecule has 0 spiro atoms. The first-order valence-corrected chi connectivity index (χ1v) is 10.9. The number of hydrogen-bond donors (Lipinski definition) is 0. The van der Waals surface area contributed by atoms with Gasteiger partial charge in [-0.25, -0.2) is 4.98 Å².